The lowest BCUT2D eigenvalue weighted by molar-refractivity contribution is -0.131. The first-order chi connectivity index (χ1) is 9.08. The normalized spacial score (nSPS) is 15.9. The van der Waals surface area contributed by atoms with Crippen molar-refractivity contribution in [3.8, 4) is 0 Å². The molecule has 1 aliphatic heterocycles. The van der Waals surface area contributed by atoms with Gasteiger partial charge in [0.25, 0.3) is 5.91 Å². The molecule has 1 aliphatic rings. The second-order valence-corrected chi connectivity index (χ2v) is 5.32. The van der Waals surface area contributed by atoms with Gasteiger partial charge in [0.1, 0.15) is 0 Å². The van der Waals surface area contributed by atoms with Crippen molar-refractivity contribution < 1.29 is 19.4 Å². The number of hydrogen-bond donors (Lipinski definition) is 1. The van der Waals surface area contributed by atoms with E-state index in [4.69, 9.17) is 9.84 Å². The molecule has 0 aliphatic carbocycles. The van der Waals surface area contributed by atoms with Crippen molar-refractivity contribution in [2.24, 2.45) is 0 Å². The Bertz CT molecular complexity index is 515. The van der Waals surface area contributed by atoms with E-state index < -0.39 is 5.97 Å². The van der Waals surface area contributed by atoms with Crippen molar-refractivity contribution >= 4 is 29.3 Å². The van der Waals surface area contributed by atoms with Gasteiger partial charge in [0.15, 0.2) is 0 Å². The fourth-order valence-electron chi connectivity index (χ4n) is 1.84. The van der Waals surface area contributed by atoms with E-state index in [-0.39, 0.29) is 5.91 Å². The van der Waals surface area contributed by atoms with Gasteiger partial charge in [-0.3, -0.25) is 4.79 Å². The summed E-state index contributed by atoms with van der Waals surface area (Å²) in [6.45, 7) is 4.23. The van der Waals surface area contributed by atoms with Crippen LogP contribution in [0.3, 0.4) is 0 Å². The molecule has 1 saturated heterocycles. The van der Waals surface area contributed by atoms with E-state index >= 15 is 0 Å². The molecular formula is C13H15NO4S. The van der Waals surface area contributed by atoms with E-state index in [0.29, 0.717) is 31.2 Å². The molecule has 0 aromatic carbocycles. The molecule has 0 atom stereocenters. The molecule has 0 saturated carbocycles. The van der Waals surface area contributed by atoms with E-state index in [9.17, 15) is 9.59 Å². The van der Waals surface area contributed by atoms with Crippen LogP contribution in [0.1, 0.15) is 20.1 Å². The fraction of sp³-hybridized carbons (Fsp3) is 0.385. The zero-order chi connectivity index (χ0) is 13.8. The lowest BCUT2D eigenvalue weighted by atomic mass is 10.2. The number of thiophene rings is 1. The summed E-state index contributed by atoms with van der Waals surface area (Å²) < 4.78 is 5.21. The Hall–Kier alpha value is -1.66. The number of hydrogen-bond acceptors (Lipinski definition) is 4. The molecule has 0 unspecified atom stereocenters. The highest BCUT2D eigenvalue weighted by Crippen LogP contribution is 2.24. The fourth-order valence-corrected chi connectivity index (χ4v) is 2.88. The largest absolute Gasteiger partial charge is 0.478 e. The maximum Gasteiger partial charge on any atom is 0.328 e. The topological polar surface area (TPSA) is 66.8 Å². The zero-order valence-corrected chi connectivity index (χ0v) is 11.4. The first kappa shape index (κ1) is 13.8. The van der Waals surface area contributed by atoms with Crippen LogP contribution in [0.5, 0.6) is 0 Å². The molecule has 1 aromatic rings. The predicted octanol–water partition coefficient (Wildman–Crippen LogP) is 1.63. The van der Waals surface area contributed by atoms with Crippen molar-refractivity contribution in [3.05, 3.63) is 27.5 Å². The average Bonchev–Trinajstić information content (AvgIpc) is 2.78. The third kappa shape index (κ3) is 3.42. The summed E-state index contributed by atoms with van der Waals surface area (Å²) >= 11 is 1.32. The molecule has 2 heterocycles. The number of aliphatic carboxylic acids is 1. The van der Waals surface area contributed by atoms with Crippen LogP contribution >= 0.6 is 11.3 Å². The Labute approximate surface area is 115 Å². The van der Waals surface area contributed by atoms with Gasteiger partial charge in [-0.2, -0.15) is 0 Å². The second kappa shape index (κ2) is 5.99. The van der Waals surface area contributed by atoms with Crippen LogP contribution in [-0.4, -0.2) is 48.2 Å². The summed E-state index contributed by atoms with van der Waals surface area (Å²) in [6, 6.07) is 1.81. The number of carboxylic acid groups (broad SMARTS) is 1. The lowest BCUT2D eigenvalue weighted by Crippen LogP contribution is -2.40. The van der Waals surface area contributed by atoms with Gasteiger partial charge in [-0.1, -0.05) is 0 Å². The minimum atomic E-state index is -0.992. The predicted molar refractivity (Wildman–Crippen MR) is 72.4 cm³/mol. The summed E-state index contributed by atoms with van der Waals surface area (Å²) in [6.07, 6.45) is 2.61. The number of amides is 1. The summed E-state index contributed by atoms with van der Waals surface area (Å²) in [5, 5.41) is 8.61. The third-order valence-corrected chi connectivity index (χ3v) is 4.03. The van der Waals surface area contributed by atoms with Crippen LogP contribution in [0.2, 0.25) is 0 Å². The van der Waals surface area contributed by atoms with Gasteiger partial charge in [0, 0.05) is 24.0 Å². The van der Waals surface area contributed by atoms with Gasteiger partial charge >= 0.3 is 5.97 Å². The Kier molecular flexibility index (Phi) is 4.34. The Morgan fingerprint density at radius 2 is 2.11 bits per heavy atom. The lowest BCUT2D eigenvalue weighted by Gasteiger charge is -2.26. The summed E-state index contributed by atoms with van der Waals surface area (Å²) in [4.78, 5) is 26.0. The molecule has 6 heteroatoms. The van der Waals surface area contributed by atoms with Crippen LogP contribution in [0.25, 0.3) is 6.08 Å². The van der Waals surface area contributed by atoms with Gasteiger partial charge in [0.2, 0.25) is 0 Å². The highest BCUT2D eigenvalue weighted by molar-refractivity contribution is 7.15. The highest BCUT2D eigenvalue weighted by Gasteiger charge is 2.20. The Morgan fingerprint density at radius 1 is 1.42 bits per heavy atom. The maximum absolute atomic E-state index is 12.2. The number of aryl methyl sites for hydroxylation is 1. The number of morpholine rings is 1. The zero-order valence-electron chi connectivity index (χ0n) is 10.6. The number of carbonyl (C=O) groups is 2. The first-order valence-electron chi connectivity index (χ1n) is 5.96. The van der Waals surface area contributed by atoms with E-state index in [1.807, 2.05) is 13.0 Å². The number of carbonyl (C=O) groups excluding carboxylic acids is 1. The van der Waals surface area contributed by atoms with Crippen molar-refractivity contribution in [1.29, 1.82) is 0 Å². The second-order valence-electron chi connectivity index (χ2n) is 4.23. The van der Waals surface area contributed by atoms with Gasteiger partial charge in [-0.05, 0) is 24.6 Å². The molecule has 102 valence electrons. The quantitative estimate of drug-likeness (QED) is 0.855. The minimum Gasteiger partial charge on any atom is -0.478 e. The maximum atomic E-state index is 12.2. The number of carboxylic acids is 1. The molecule has 0 bridgehead atoms. The van der Waals surface area contributed by atoms with Gasteiger partial charge in [0.05, 0.1) is 18.1 Å². The van der Waals surface area contributed by atoms with Crippen molar-refractivity contribution in [2.75, 3.05) is 26.3 Å². The molecule has 1 aromatic heterocycles. The van der Waals surface area contributed by atoms with Crippen LogP contribution in [0.15, 0.2) is 12.1 Å². The van der Waals surface area contributed by atoms with Crippen molar-refractivity contribution in [1.82, 2.24) is 4.90 Å². The number of ether oxygens (including phenoxy) is 1. The molecule has 2 rings (SSSR count). The Morgan fingerprint density at radius 3 is 2.74 bits per heavy atom. The van der Waals surface area contributed by atoms with Gasteiger partial charge < -0.3 is 14.7 Å². The molecule has 1 fully saturated rings. The van der Waals surface area contributed by atoms with E-state index in [0.717, 1.165) is 16.5 Å². The van der Waals surface area contributed by atoms with Gasteiger partial charge in [-0.25, -0.2) is 4.79 Å². The van der Waals surface area contributed by atoms with E-state index in [1.54, 1.807) is 4.90 Å². The number of rotatable bonds is 3. The average molecular weight is 281 g/mol. The van der Waals surface area contributed by atoms with Crippen molar-refractivity contribution in [3.63, 3.8) is 0 Å². The summed E-state index contributed by atoms with van der Waals surface area (Å²) in [5.41, 5.74) is 0.916. The molecular weight excluding hydrogens is 266 g/mol. The monoisotopic (exact) mass is 281 g/mol. The third-order valence-electron chi connectivity index (χ3n) is 2.84. The smallest absolute Gasteiger partial charge is 0.328 e. The van der Waals surface area contributed by atoms with E-state index in [2.05, 4.69) is 0 Å². The SMILES string of the molecule is Cc1cc(C(=O)N2CCOCC2)sc1C=CC(=O)O. The van der Waals surface area contributed by atoms with Crippen LogP contribution in [0, 0.1) is 6.92 Å². The molecule has 0 radical (unpaired) electrons. The summed E-state index contributed by atoms with van der Waals surface area (Å²) in [7, 11) is 0. The highest BCUT2D eigenvalue weighted by atomic mass is 32.1. The Balaban J connectivity index is 2.14. The number of nitrogens with zero attached hydrogens (tertiary/aromatic N) is 1. The van der Waals surface area contributed by atoms with Crippen LogP contribution in [0.4, 0.5) is 0 Å². The summed E-state index contributed by atoms with van der Waals surface area (Å²) in [5.74, 6) is -1.000. The molecule has 0 spiro atoms. The standard InChI is InChI=1S/C13H15NO4S/c1-9-8-11(19-10(9)2-3-12(15)16)13(17)14-4-6-18-7-5-14/h2-3,8H,4-7H2,1H3,(H,15,16). The van der Waals surface area contributed by atoms with Crippen LogP contribution in [-0.2, 0) is 9.53 Å². The molecule has 5 nitrogen and oxygen atoms in total. The molecule has 19 heavy (non-hydrogen) atoms. The van der Waals surface area contributed by atoms with Gasteiger partial charge in [-0.15, -0.1) is 11.3 Å². The molecule has 1 amide bonds. The minimum absolute atomic E-state index is 0.00799. The first-order valence-corrected chi connectivity index (χ1v) is 6.78. The van der Waals surface area contributed by atoms with E-state index in [1.165, 1.54) is 17.4 Å². The van der Waals surface area contributed by atoms with Crippen LogP contribution < -0.4 is 0 Å². The van der Waals surface area contributed by atoms with Crippen molar-refractivity contribution in [2.45, 2.75) is 6.92 Å². The molecule has 1 N–H and O–H groups in total.